The average Bonchev–Trinajstić information content (AvgIpc) is 3.55. The number of rotatable bonds is 11. The SMILES string of the molecule is Cc1c(C(=O)/C(C=O)=N/Nc2ccccc2)sc2sc(C(=O)/C(C=O)=N/Nc3ccccc3)c(-c3ccccc3)c12. The lowest BCUT2D eigenvalue weighted by atomic mass is 9.98. The number of carbonyl (C=O) groups excluding carboxylic acids is 4. The lowest BCUT2D eigenvalue weighted by molar-refractivity contribution is -0.103. The van der Waals surface area contributed by atoms with E-state index in [4.69, 9.17) is 0 Å². The van der Waals surface area contributed by atoms with Crippen LogP contribution in [-0.2, 0) is 9.59 Å². The molecule has 8 nitrogen and oxygen atoms in total. The van der Waals surface area contributed by atoms with Crippen molar-refractivity contribution in [3.63, 3.8) is 0 Å². The molecular weight excluding hydrogens is 556 g/mol. The Morgan fingerprint density at radius 2 is 1.10 bits per heavy atom. The van der Waals surface area contributed by atoms with Crippen molar-refractivity contribution in [2.45, 2.75) is 6.92 Å². The Balaban J connectivity index is 1.56. The predicted molar refractivity (Wildman–Crippen MR) is 166 cm³/mol. The molecule has 202 valence electrons. The largest absolute Gasteiger partial charge is 0.296 e. The third-order valence-electron chi connectivity index (χ3n) is 6.11. The zero-order valence-corrected chi connectivity index (χ0v) is 23.3. The molecule has 2 N–H and O–H groups in total. The molecule has 5 aromatic rings. The van der Waals surface area contributed by atoms with E-state index in [0.29, 0.717) is 54.2 Å². The van der Waals surface area contributed by atoms with Crippen LogP contribution in [-0.4, -0.2) is 35.6 Å². The van der Waals surface area contributed by atoms with Gasteiger partial charge in [-0.2, -0.15) is 10.2 Å². The number of hydrogen-bond donors (Lipinski definition) is 2. The van der Waals surface area contributed by atoms with Crippen LogP contribution >= 0.6 is 22.7 Å². The molecule has 2 aromatic heterocycles. The molecule has 41 heavy (non-hydrogen) atoms. The summed E-state index contributed by atoms with van der Waals surface area (Å²) in [5, 5.41) is 8.81. The summed E-state index contributed by atoms with van der Waals surface area (Å²) in [6.07, 6.45) is 0.848. The molecule has 2 heterocycles. The number of nitrogens with one attached hydrogen (secondary N) is 2. The van der Waals surface area contributed by atoms with E-state index in [0.717, 1.165) is 5.56 Å². The molecule has 0 saturated heterocycles. The standard InChI is InChI=1S/C31H22N4O4S2/c1-19-25-26(20-11-5-2-6-12-20)30(28(39)24(18-37)35-33-22-15-9-4-10-16-22)41-31(25)40-29(19)27(38)23(17-36)34-32-21-13-7-3-8-14-21/h2-18,32-33H,1H3/b34-23+,35-24+. The van der Waals surface area contributed by atoms with Crippen molar-refractivity contribution in [3.8, 4) is 11.1 Å². The number of anilines is 2. The molecule has 0 bridgehead atoms. The monoisotopic (exact) mass is 578 g/mol. The van der Waals surface area contributed by atoms with Gasteiger partial charge < -0.3 is 0 Å². The van der Waals surface area contributed by atoms with Crippen LogP contribution in [0.5, 0.6) is 0 Å². The second-order valence-electron chi connectivity index (χ2n) is 8.73. The van der Waals surface area contributed by atoms with Gasteiger partial charge in [0.05, 0.1) is 25.1 Å². The third kappa shape index (κ3) is 5.79. The summed E-state index contributed by atoms with van der Waals surface area (Å²) in [5.41, 5.74) is 8.17. The Hall–Kier alpha value is -5.06. The lowest BCUT2D eigenvalue weighted by Gasteiger charge is -2.06. The molecule has 3 aromatic carbocycles. The molecule has 0 atom stereocenters. The van der Waals surface area contributed by atoms with Crippen molar-refractivity contribution in [2.24, 2.45) is 10.2 Å². The Morgan fingerprint density at radius 3 is 1.59 bits per heavy atom. The van der Waals surface area contributed by atoms with Gasteiger partial charge in [-0.05, 0) is 42.3 Å². The van der Waals surface area contributed by atoms with Crippen molar-refractivity contribution in [1.82, 2.24) is 0 Å². The van der Waals surface area contributed by atoms with Crippen molar-refractivity contribution in [2.75, 3.05) is 10.9 Å². The van der Waals surface area contributed by atoms with Crippen LogP contribution in [0.3, 0.4) is 0 Å². The second kappa shape index (κ2) is 12.4. The minimum Gasteiger partial charge on any atom is -0.296 e. The molecule has 10 heteroatoms. The fourth-order valence-corrected chi connectivity index (χ4v) is 6.85. The van der Waals surface area contributed by atoms with Crippen LogP contribution in [0.25, 0.3) is 20.5 Å². The van der Waals surface area contributed by atoms with Gasteiger partial charge in [-0.25, -0.2) is 0 Å². The van der Waals surface area contributed by atoms with Gasteiger partial charge in [0, 0.05) is 10.9 Å². The topological polar surface area (TPSA) is 117 Å². The highest BCUT2D eigenvalue weighted by atomic mass is 32.2. The zero-order valence-electron chi connectivity index (χ0n) is 21.7. The number of nitrogens with zero attached hydrogens (tertiary/aromatic N) is 2. The summed E-state index contributed by atoms with van der Waals surface area (Å²) in [6.45, 7) is 1.78. The summed E-state index contributed by atoms with van der Waals surface area (Å²) in [6, 6.07) is 27.2. The van der Waals surface area contributed by atoms with E-state index in [2.05, 4.69) is 21.1 Å². The van der Waals surface area contributed by atoms with Crippen molar-refractivity contribution >= 4 is 79.0 Å². The number of hydrogen-bond acceptors (Lipinski definition) is 10. The van der Waals surface area contributed by atoms with E-state index in [1.54, 1.807) is 55.5 Å². The zero-order chi connectivity index (χ0) is 28.8. The molecule has 0 fully saturated rings. The molecule has 0 saturated carbocycles. The highest BCUT2D eigenvalue weighted by Crippen LogP contribution is 2.46. The number of Topliss-reactive ketones (excluding diaryl/α,β-unsaturated/α-hetero) is 2. The van der Waals surface area contributed by atoms with E-state index >= 15 is 0 Å². The quantitative estimate of drug-likeness (QED) is 0.0597. The number of thiophene rings is 2. The molecule has 0 unspecified atom stereocenters. The van der Waals surface area contributed by atoms with Crippen LogP contribution < -0.4 is 10.9 Å². The van der Waals surface area contributed by atoms with Crippen molar-refractivity contribution in [3.05, 3.63) is 106 Å². The van der Waals surface area contributed by atoms with E-state index in [-0.39, 0.29) is 11.4 Å². The van der Waals surface area contributed by atoms with Crippen molar-refractivity contribution < 1.29 is 19.2 Å². The molecule has 0 amide bonds. The Bertz CT molecular complexity index is 1810. The molecular formula is C31H22N4O4S2. The molecule has 0 aliphatic heterocycles. The molecule has 0 aliphatic carbocycles. The Kier molecular flexibility index (Phi) is 8.33. The van der Waals surface area contributed by atoms with Crippen LogP contribution in [0.15, 0.2) is 101 Å². The highest BCUT2D eigenvalue weighted by Gasteiger charge is 2.29. The molecule has 0 radical (unpaired) electrons. The van der Waals surface area contributed by atoms with Gasteiger partial charge in [0.25, 0.3) is 0 Å². The first-order valence-corrected chi connectivity index (χ1v) is 14.0. The Morgan fingerprint density at radius 1 is 0.659 bits per heavy atom. The summed E-state index contributed by atoms with van der Waals surface area (Å²) >= 11 is 2.36. The fraction of sp³-hybridized carbons (Fsp3) is 0.0323. The maximum absolute atomic E-state index is 13.6. The van der Waals surface area contributed by atoms with Gasteiger partial charge in [0.15, 0.2) is 24.0 Å². The maximum Gasteiger partial charge on any atom is 0.227 e. The van der Waals surface area contributed by atoms with Crippen LogP contribution in [0.2, 0.25) is 0 Å². The number of para-hydroxylation sites is 2. The molecule has 5 rings (SSSR count). The highest BCUT2D eigenvalue weighted by molar-refractivity contribution is 7.40. The number of carbonyl (C=O) groups is 4. The van der Waals surface area contributed by atoms with Crippen LogP contribution in [0.1, 0.15) is 24.9 Å². The summed E-state index contributed by atoms with van der Waals surface area (Å²) < 4.78 is 0.704. The first kappa shape index (κ1) is 27.5. The van der Waals surface area contributed by atoms with E-state index in [1.165, 1.54) is 22.7 Å². The smallest absolute Gasteiger partial charge is 0.227 e. The number of hydrazone groups is 2. The molecule has 0 aliphatic rings. The summed E-state index contributed by atoms with van der Waals surface area (Å²) in [4.78, 5) is 51.5. The normalized spacial score (nSPS) is 11.7. The van der Waals surface area contributed by atoms with Crippen molar-refractivity contribution in [1.29, 1.82) is 0 Å². The lowest BCUT2D eigenvalue weighted by Crippen LogP contribution is -2.18. The first-order chi connectivity index (χ1) is 20.0. The van der Waals surface area contributed by atoms with E-state index in [9.17, 15) is 19.2 Å². The summed E-state index contributed by atoms with van der Waals surface area (Å²) in [5.74, 6) is -1.06. The van der Waals surface area contributed by atoms with Gasteiger partial charge in [-0.15, -0.1) is 22.7 Å². The Labute approximate surface area is 243 Å². The van der Waals surface area contributed by atoms with Gasteiger partial charge >= 0.3 is 0 Å². The first-order valence-electron chi connectivity index (χ1n) is 12.4. The third-order valence-corrected chi connectivity index (χ3v) is 8.68. The van der Waals surface area contributed by atoms with Gasteiger partial charge in [-0.3, -0.25) is 30.0 Å². The molecule has 0 spiro atoms. The predicted octanol–water partition coefficient (Wildman–Crippen LogP) is 6.64. The maximum atomic E-state index is 13.6. The minimum absolute atomic E-state index is 0.272. The van der Waals surface area contributed by atoms with Gasteiger partial charge in [-0.1, -0.05) is 66.7 Å². The van der Waals surface area contributed by atoms with Gasteiger partial charge in [0.2, 0.25) is 11.6 Å². The number of benzene rings is 3. The second-order valence-corrected chi connectivity index (χ2v) is 11.0. The number of ketones is 2. The van der Waals surface area contributed by atoms with Crippen LogP contribution in [0, 0.1) is 6.92 Å². The van der Waals surface area contributed by atoms with E-state index in [1.807, 2.05) is 42.5 Å². The minimum atomic E-state index is -0.537. The fourth-order valence-electron chi connectivity index (χ4n) is 4.13. The summed E-state index contributed by atoms with van der Waals surface area (Å²) in [7, 11) is 0. The number of aldehydes is 2. The van der Waals surface area contributed by atoms with E-state index < -0.39 is 11.6 Å². The average molecular weight is 579 g/mol. The van der Waals surface area contributed by atoms with Gasteiger partial charge in [0.1, 0.15) is 0 Å². The number of aryl methyl sites for hydroxylation is 1. The number of fused-ring (bicyclic) bond motifs is 1. The van der Waals surface area contributed by atoms with Crippen LogP contribution in [0.4, 0.5) is 11.4 Å².